The Morgan fingerprint density at radius 3 is 2.78 bits per heavy atom. The molecule has 0 bridgehead atoms. The summed E-state index contributed by atoms with van der Waals surface area (Å²) in [7, 11) is 2.12. The molecule has 1 fully saturated rings. The number of hydrogen-bond donors (Lipinski definition) is 1. The van der Waals surface area contributed by atoms with Crippen LogP contribution in [-0.4, -0.2) is 30.6 Å². The van der Waals surface area contributed by atoms with Crippen LogP contribution in [0, 0.1) is 17.2 Å². The zero-order chi connectivity index (χ0) is 13.0. The van der Waals surface area contributed by atoms with Gasteiger partial charge in [-0.2, -0.15) is 5.26 Å². The van der Waals surface area contributed by atoms with E-state index in [-0.39, 0.29) is 5.54 Å². The lowest BCUT2D eigenvalue weighted by Crippen LogP contribution is -2.57. The fourth-order valence-electron chi connectivity index (χ4n) is 2.65. The van der Waals surface area contributed by atoms with Crippen LogP contribution in [0.3, 0.4) is 0 Å². The SMILES string of the molecule is CC1CN(C)CCC1(C#N)NCc1ccccc1. The molecule has 96 valence electrons. The zero-order valence-electron chi connectivity index (χ0n) is 11.2. The van der Waals surface area contributed by atoms with Gasteiger partial charge in [-0.25, -0.2) is 0 Å². The minimum Gasteiger partial charge on any atom is -0.306 e. The number of nitrogens with zero attached hydrogens (tertiary/aromatic N) is 2. The van der Waals surface area contributed by atoms with Gasteiger partial charge in [-0.05, 0) is 19.0 Å². The van der Waals surface area contributed by atoms with Crippen molar-refractivity contribution in [3.63, 3.8) is 0 Å². The molecule has 0 radical (unpaired) electrons. The van der Waals surface area contributed by atoms with Crippen LogP contribution in [0.15, 0.2) is 30.3 Å². The predicted molar refractivity (Wildman–Crippen MR) is 72.9 cm³/mol. The summed E-state index contributed by atoms with van der Waals surface area (Å²) in [5, 5.41) is 13.0. The molecule has 0 aromatic heterocycles. The van der Waals surface area contributed by atoms with Crippen LogP contribution in [0.2, 0.25) is 0 Å². The first-order valence-electron chi connectivity index (χ1n) is 6.55. The summed E-state index contributed by atoms with van der Waals surface area (Å²) in [5.41, 5.74) is 0.862. The number of likely N-dealkylation sites (tertiary alicyclic amines) is 1. The summed E-state index contributed by atoms with van der Waals surface area (Å²) in [6, 6.07) is 12.8. The molecular formula is C15H21N3. The van der Waals surface area contributed by atoms with Crippen molar-refractivity contribution in [1.82, 2.24) is 10.2 Å². The second kappa shape index (κ2) is 5.51. The Labute approximate surface area is 109 Å². The first kappa shape index (κ1) is 13.1. The molecule has 0 saturated carbocycles. The van der Waals surface area contributed by atoms with Gasteiger partial charge in [0.05, 0.1) is 6.07 Å². The molecule has 1 N–H and O–H groups in total. The van der Waals surface area contributed by atoms with E-state index in [1.54, 1.807) is 0 Å². The molecule has 3 nitrogen and oxygen atoms in total. The smallest absolute Gasteiger partial charge is 0.112 e. The molecule has 18 heavy (non-hydrogen) atoms. The van der Waals surface area contributed by atoms with Crippen molar-refractivity contribution in [2.75, 3.05) is 20.1 Å². The second-order valence-electron chi connectivity index (χ2n) is 5.34. The first-order valence-corrected chi connectivity index (χ1v) is 6.55. The molecule has 0 spiro atoms. The second-order valence-corrected chi connectivity index (χ2v) is 5.34. The van der Waals surface area contributed by atoms with Crippen molar-refractivity contribution < 1.29 is 0 Å². The van der Waals surface area contributed by atoms with Gasteiger partial charge in [-0.15, -0.1) is 0 Å². The van der Waals surface area contributed by atoms with Crippen LogP contribution in [0.4, 0.5) is 0 Å². The number of rotatable bonds is 3. The van der Waals surface area contributed by atoms with E-state index >= 15 is 0 Å². The third-order valence-electron chi connectivity index (χ3n) is 3.96. The maximum Gasteiger partial charge on any atom is 0.112 e. The average molecular weight is 243 g/mol. The van der Waals surface area contributed by atoms with E-state index in [1.165, 1.54) is 5.56 Å². The lowest BCUT2D eigenvalue weighted by molar-refractivity contribution is 0.132. The topological polar surface area (TPSA) is 39.1 Å². The van der Waals surface area contributed by atoms with E-state index in [0.717, 1.165) is 26.1 Å². The largest absolute Gasteiger partial charge is 0.306 e. The van der Waals surface area contributed by atoms with Gasteiger partial charge < -0.3 is 4.90 Å². The van der Waals surface area contributed by atoms with Gasteiger partial charge in [-0.3, -0.25) is 5.32 Å². The van der Waals surface area contributed by atoms with Crippen LogP contribution >= 0.6 is 0 Å². The van der Waals surface area contributed by atoms with E-state index in [2.05, 4.69) is 42.4 Å². The van der Waals surface area contributed by atoms with Crippen LogP contribution in [0.5, 0.6) is 0 Å². The Balaban J connectivity index is 2.03. The van der Waals surface area contributed by atoms with Crippen molar-refractivity contribution >= 4 is 0 Å². The first-order chi connectivity index (χ1) is 8.66. The molecule has 0 aliphatic carbocycles. The van der Waals surface area contributed by atoms with Crippen LogP contribution in [-0.2, 0) is 6.54 Å². The number of nitriles is 1. The minimum atomic E-state index is -0.373. The number of nitrogens with one attached hydrogen (secondary N) is 1. The quantitative estimate of drug-likeness (QED) is 0.882. The molecule has 1 aromatic rings. The van der Waals surface area contributed by atoms with Gasteiger partial charge >= 0.3 is 0 Å². The molecule has 1 heterocycles. The van der Waals surface area contributed by atoms with Gasteiger partial charge in [0.15, 0.2) is 0 Å². The molecule has 1 aliphatic heterocycles. The molecule has 1 aliphatic rings. The molecule has 2 rings (SSSR count). The van der Waals surface area contributed by atoms with Crippen LogP contribution < -0.4 is 5.32 Å². The van der Waals surface area contributed by atoms with Crippen molar-refractivity contribution in [3.8, 4) is 6.07 Å². The maximum absolute atomic E-state index is 9.55. The van der Waals surface area contributed by atoms with Crippen molar-refractivity contribution in [3.05, 3.63) is 35.9 Å². The Morgan fingerprint density at radius 1 is 1.44 bits per heavy atom. The van der Waals surface area contributed by atoms with E-state index in [4.69, 9.17) is 0 Å². The van der Waals surface area contributed by atoms with Gasteiger partial charge in [0.2, 0.25) is 0 Å². The highest BCUT2D eigenvalue weighted by Crippen LogP contribution is 2.27. The zero-order valence-corrected chi connectivity index (χ0v) is 11.2. The van der Waals surface area contributed by atoms with Gasteiger partial charge in [0.25, 0.3) is 0 Å². The monoisotopic (exact) mass is 243 g/mol. The summed E-state index contributed by atoms with van der Waals surface area (Å²) in [6.45, 7) is 4.90. The average Bonchev–Trinajstić information content (AvgIpc) is 2.40. The fraction of sp³-hybridized carbons (Fsp3) is 0.533. The molecule has 0 amide bonds. The van der Waals surface area contributed by atoms with Crippen molar-refractivity contribution in [2.24, 2.45) is 5.92 Å². The van der Waals surface area contributed by atoms with E-state index in [9.17, 15) is 5.26 Å². The number of benzene rings is 1. The summed E-state index contributed by atoms with van der Waals surface area (Å²) >= 11 is 0. The molecule has 2 atom stereocenters. The minimum absolute atomic E-state index is 0.352. The lowest BCUT2D eigenvalue weighted by Gasteiger charge is -2.41. The van der Waals surface area contributed by atoms with Gasteiger partial charge in [-0.1, -0.05) is 37.3 Å². The Kier molecular flexibility index (Phi) is 4.00. The third kappa shape index (κ3) is 2.72. The summed E-state index contributed by atoms with van der Waals surface area (Å²) < 4.78 is 0. The highest BCUT2D eigenvalue weighted by molar-refractivity contribution is 5.18. The number of piperidine rings is 1. The lowest BCUT2D eigenvalue weighted by atomic mass is 9.80. The van der Waals surface area contributed by atoms with Gasteiger partial charge in [0.1, 0.15) is 5.54 Å². The molecule has 2 unspecified atom stereocenters. The van der Waals surface area contributed by atoms with Crippen LogP contribution in [0.1, 0.15) is 18.9 Å². The van der Waals surface area contributed by atoms with E-state index in [1.807, 2.05) is 18.2 Å². The number of hydrogen-bond acceptors (Lipinski definition) is 3. The summed E-state index contributed by atoms with van der Waals surface area (Å²) in [4.78, 5) is 2.30. The molecule has 1 saturated heterocycles. The molecule has 3 heteroatoms. The fourth-order valence-corrected chi connectivity index (χ4v) is 2.65. The van der Waals surface area contributed by atoms with E-state index in [0.29, 0.717) is 5.92 Å². The Morgan fingerprint density at radius 2 is 2.17 bits per heavy atom. The van der Waals surface area contributed by atoms with Crippen molar-refractivity contribution in [1.29, 1.82) is 5.26 Å². The summed E-state index contributed by atoms with van der Waals surface area (Å²) in [5.74, 6) is 0.352. The standard InChI is InChI=1S/C15H21N3/c1-13-11-18(2)9-8-15(13,12-16)17-10-14-6-4-3-5-7-14/h3-7,13,17H,8-11H2,1-2H3. The van der Waals surface area contributed by atoms with Gasteiger partial charge in [0, 0.05) is 25.6 Å². The highest BCUT2D eigenvalue weighted by Gasteiger charge is 2.39. The Hall–Kier alpha value is -1.37. The Bertz CT molecular complexity index is 423. The van der Waals surface area contributed by atoms with Crippen molar-refractivity contribution in [2.45, 2.75) is 25.4 Å². The summed E-state index contributed by atoms with van der Waals surface area (Å²) in [6.07, 6.45) is 0.897. The third-order valence-corrected chi connectivity index (χ3v) is 3.96. The maximum atomic E-state index is 9.55. The molecular weight excluding hydrogens is 222 g/mol. The normalized spacial score (nSPS) is 28.8. The predicted octanol–water partition coefficient (Wildman–Crippen LogP) is 2.01. The van der Waals surface area contributed by atoms with Crippen LogP contribution in [0.25, 0.3) is 0 Å². The van der Waals surface area contributed by atoms with E-state index < -0.39 is 0 Å². The molecule has 1 aromatic carbocycles. The highest BCUT2D eigenvalue weighted by atomic mass is 15.1.